The van der Waals surface area contributed by atoms with Crippen molar-refractivity contribution < 1.29 is 0 Å². The van der Waals surface area contributed by atoms with Crippen LogP contribution in [-0.4, -0.2) is 4.20 Å². The molecule has 0 heterocycles. The molecule has 0 nitrogen and oxygen atoms in total. The monoisotopic (exact) mass is 352 g/mol. The van der Waals surface area contributed by atoms with Crippen molar-refractivity contribution in [3.63, 3.8) is 0 Å². The summed E-state index contributed by atoms with van der Waals surface area (Å²) in [6, 6.07) is 29.8. The first-order chi connectivity index (χ1) is 11.2. The lowest BCUT2D eigenvalue weighted by atomic mass is 10.2. The smallest absolute Gasteiger partial charge is 0.0764 e. The summed E-state index contributed by atoms with van der Waals surface area (Å²) >= 11 is 7.53. The minimum atomic E-state index is -0.546. The Balaban J connectivity index is 1.90. The topological polar surface area (TPSA) is 0 Å². The van der Waals surface area contributed by atoms with Gasteiger partial charge >= 0.3 is 0 Å². The van der Waals surface area contributed by atoms with Gasteiger partial charge in [0.05, 0.1) is 4.20 Å². The highest BCUT2D eigenvalue weighted by Gasteiger charge is 2.17. The van der Waals surface area contributed by atoms with Crippen LogP contribution in [0, 0.1) is 6.92 Å². The number of aryl methyl sites for hydroxylation is 1. The van der Waals surface area contributed by atoms with Gasteiger partial charge in [0.2, 0.25) is 0 Å². The maximum atomic E-state index is 5.72. The SMILES string of the molecule is Cc1ccc(C(=S)SP(c2ccccc2)c2ccccc2)cc1. The normalized spacial score (nSPS) is 10.7. The molecule has 3 rings (SSSR count). The quantitative estimate of drug-likeness (QED) is 0.452. The van der Waals surface area contributed by atoms with Crippen LogP contribution in [0.4, 0.5) is 0 Å². The lowest BCUT2D eigenvalue weighted by Crippen LogP contribution is -2.10. The van der Waals surface area contributed by atoms with Crippen molar-refractivity contribution in [1.82, 2.24) is 0 Å². The van der Waals surface area contributed by atoms with E-state index in [0.717, 1.165) is 9.76 Å². The van der Waals surface area contributed by atoms with Gasteiger partial charge < -0.3 is 0 Å². The average molecular weight is 352 g/mol. The minimum absolute atomic E-state index is 0.546. The largest absolute Gasteiger partial charge is 0.0826 e. The van der Waals surface area contributed by atoms with Gasteiger partial charge in [-0.1, -0.05) is 114 Å². The van der Waals surface area contributed by atoms with Crippen LogP contribution in [0.15, 0.2) is 84.9 Å². The van der Waals surface area contributed by atoms with Crippen molar-refractivity contribution >= 4 is 45.5 Å². The van der Waals surface area contributed by atoms with Gasteiger partial charge in [0.1, 0.15) is 0 Å². The van der Waals surface area contributed by atoms with Gasteiger partial charge in [-0.05, 0) is 23.1 Å². The number of rotatable bonds is 4. The lowest BCUT2D eigenvalue weighted by Gasteiger charge is -2.18. The van der Waals surface area contributed by atoms with Gasteiger partial charge in [-0.15, -0.1) is 0 Å². The second kappa shape index (κ2) is 7.88. The molecule has 0 spiro atoms. The van der Waals surface area contributed by atoms with Gasteiger partial charge in [-0.25, -0.2) is 0 Å². The highest BCUT2D eigenvalue weighted by molar-refractivity contribution is 8.69. The van der Waals surface area contributed by atoms with E-state index in [1.165, 1.54) is 16.2 Å². The standard InChI is InChI=1S/C20H17PS2/c1-16-12-14-17(15-13-16)20(22)23-21(18-8-4-2-5-9-18)19-10-6-3-7-11-19/h2-15H,1H3. The molecule has 0 unspecified atom stereocenters. The Kier molecular flexibility index (Phi) is 5.61. The molecule has 0 aliphatic rings. The predicted octanol–water partition coefficient (Wildman–Crippen LogP) is 5.45. The molecule has 0 amide bonds. The van der Waals surface area contributed by atoms with E-state index in [4.69, 9.17) is 12.2 Å². The molecule has 3 aromatic rings. The zero-order valence-corrected chi connectivity index (χ0v) is 15.4. The molecule has 0 aliphatic carbocycles. The summed E-state index contributed by atoms with van der Waals surface area (Å²) in [7, 11) is -0.546. The Labute approximate surface area is 148 Å². The van der Waals surface area contributed by atoms with E-state index in [1.54, 1.807) is 11.4 Å². The maximum absolute atomic E-state index is 5.72. The van der Waals surface area contributed by atoms with Crippen molar-refractivity contribution in [2.45, 2.75) is 6.92 Å². The van der Waals surface area contributed by atoms with Crippen molar-refractivity contribution in [2.75, 3.05) is 0 Å². The maximum Gasteiger partial charge on any atom is 0.0826 e. The molecule has 23 heavy (non-hydrogen) atoms. The fraction of sp³-hybridized carbons (Fsp3) is 0.0500. The van der Waals surface area contributed by atoms with Crippen molar-refractivity contribution in [2.24, 2.45) is 0 Å². The second-order valence-corrected chi connectivity index (χ2v) is 9.73. The highest BCUT2D eigenvalue weighted by atomic mass is 32.7. The summed E-state index contributed by atoms with van der Waals surface area (Å²) < 4.78 is 0.962. The molecule has 0 radical (unpaired) electrons. The first-order valence-corrected chi connectivity index (χ1v) is 10.6. The Morgan fingerprint density at radius 2 is 1.22 bits per heavy atom. The summed E-state index contributed by atoms with van der Waals surface area (Å²) in [5.41, 5.74) is 2.39. The number of thiocarbonyl (C=S) groups is 1. The molecule has 0 fully saturated rings. The van der Waals surface area contributed by atoms with E-state index in [1.807, 2.05) is 0 Å². The molecule has 0 saturated carbocycles. The minimum Gasteiger partial charge on any atom is -0.0764 e. The van der Waals surface area contributed by atoms with Gasteiger partial charge in [0.25, 0.3) is 0 Å². The molecule has 0 bridgehead atoms. The molecule has 0 aromatic heterocycles. The van der Waals surface area contributed by atoms with Crippen LogP contribution < -0.4 is 10.6 Å². The molecule has 0 N–H and O–H groups in total. The number of hydrogen-bond acceptors (Lipinski definition) is 2. The molecule has 3 heteroatoms. The third-order valence-corrected chi connectivity index (χ3v) is 8.78. The van der Waals surface area contributed by atoms with Crippen molar-refractivity contribution in [1.29, 1.82) is 0 Å². The van der Waals surface area contributed by atoms with Crippen LogP contribution in [0.25, 0.3) is 0 Å². The summed E-state index contributed by atoms with van der Waals surface area (Å²) in [5, 5.41) is 2.68. The Morgan fingerprint density at radius 1 is 0.739 bits per heavy atom. The van der Waals surface area contributed by atoms with Gasteiger partial charge in [-0.3, -0.25) is 0 Å². The average Bonchev–Trinajstić information content (AvgIpc) is 2.61. The zero-order valence-electron chi connectivity index (χ0n) is 12.8. The number of benzene rings is 3. The number of hydrogen-bond donors (Lipinski definition) is 0. The summed E-state index contributed by atoms with van der Waals surface area (Å²) in [4.78, 5) is 0. The van der Waals surface area contributed by atoms with E-state index >= 15 is 0 Å². The lowest BCUT2D eigenvalue weighted by molar-refractivity contribution is 1.47. The summed E-state index contributed by atoms with van der Waals surface area (Å²) in [6.07, 6.45) is 0. The molecular formula is C20H17PS2. The highest BCUT2D eigenvalue weighted by Crippen LogP contribution is 2.49. The van der Waals surface area contributed by atoms with E-state index in [0.29, 0.717) is 0 Å². The Bertz CT molecular complexity index is 728. The molecule has 0 atom stereocenters. The summed E-state index contributed by atoms with van der Waals surface area (Å²) in [5.74, 6) is 0. The van der Waals surface area contributed by atoms with Crippen LogP contribution in [0.2, 0.25) is 0 Å². The first kappa shape index (κ1) is 16.4. The molecule has 0 saturated heterocycles. The molecular weight excluding hydrogens is 335 g/mol. The van der Waals surface area contributed by atoms with Gasteiger partial charge in [0, 0.05) is 7.12 Å². The molecule has 3 aromatic carbocycles. The van der Waals surface area contributed by atoms with Crippen LogP contribution in [0.3, 0.4) is 0 Å². The fourth-order valence-corrected chi connectivity index (χ4v) is 6.99. The first-order valence-electron chi connectivity index (χ1n) is 7.43. The van der Waals surface area contributed by atoms with E-state index in [2.05, 4.69) is 91.9 Å². The third-order valence-electron chi connectivity index (χ3n) is 3.44. The fourth-order valence-electron chi connectivity index (χ4n) is 2.21. The van der Waals surface area contributed by atoms with Crippen LogP contribution >= 0.6 is 30.7 Å². The van der Waals surface area contributed by atoms with Crippen molar-refractivity contribution in [3.8, 4) is 0 Å². The Morgan fingerprint density at radius 3 is 1.70 bits per heavy atom. The van der Waals surface area contributed by atoms with Gasteiger partial charge in [-0.2, -0.15) is 0 Å². The summed E-state index contributed by atoms with van der Waals surface area (Å²) in [6.45, 7) is 2.10. The van der Waals surface area contributed by atoms with E-state index in [9.17, 15) is 0 Å². The van der Waals surface area contributed by atoms with Crippen LogP contribution in [0.5, 0.6) is 0 Å². The van der Waals surface area contributed by atoms with Crippen LogP contribution in [-0.2, 0) is 0 Å². The second-order valence-electron chi connectivity index (χ2n) is 5.21. The predicted molar refractivity (Wildman–Crippen MR) is 110 cm³/mol. The molecule has 114 valence electrons. The zero-order chi connectivity index (χ0) is 16.1. The van der Waals surface area contributed by atoms with Crippen LogP contribution in [0.1, 0.15) is 11.1 Å². The Hall–Kier alpha value is -1.47. The van der Waals surface area contributed by atoms with Gasteiger partial charge in [0.15, 0.2) is 0 Å². The molecule has 0 aliphatic heterocycles. The van der Waals surface area contributed by atoms with E-state index < -0.39 is 7.12 Å². The third kappa shape index (κ3) is 4.29. The van der Waals surface area contributed by atoms with E-state index in [-0.39, 0.29) is 0 Å². The van der Waals surface area contributed by atoms with Crippen molar-refractivity contribution in [3.05, 3.63) is 96.1 Å².